The molecule has 5 nitrogen and oxygen atoms in total. The minimum absolute atomic E-state index is 0.0792. The number of rotatable bonds is 4. The average molecular weight is 382 g/mol. The molecule has 0 radical (unpaired) electrons. The molecule has 1 saturated heterocycles. The molecule has 1 aliphatic rings. The van der Waals surface area contributed by atoms with Crippen LogP contribution in [0, 0.1) is 11.7 Å². The van der Waals surface area contributed by atoms with Crippen molar-refractivity contribution in [3.05, 3.63) is 42.5 Å². The van der Waals surface area contributed by atoms with E-state index < -0.39 is 24.0 Å². The summed E-state index contributed by atoms with van der Waals surface area (Å²) in [5, 5.41) is 2.90. The fourth-order valence-corrected chi connectivity index (χ4v) is 3.00. The van der Waals surface area contributed by atoms with E-state index in [-0.39, 0.29) is 25.3 Å². The molecule has 1 amide bonds. The Bertz CT molecular complexity index is 810. The zero-order valence-corrected chi connectivity index (χ0v) is 14.5. The maximum Gasteiger partial charge on any atom is 0.393 e. The standard InChI is InChI=1S/C18H18F4N4O/c1-11(17(27)26-7-6-13(9-26)18(20,21)22)25-16-8-15(23-10-24-16)12-2-4-14(19)5-3-12/h2-5,8,10-11,13H,6-7,9H2,1H3,(H,23,24,25)/t11-,13+/m1/s1. The number of carbonyl (C=O) groups excluding carboxylic acids is 1. The van der Waals surface area contributed by atoms with E-state index in [1.54, 1.807) is 25.1 Å². The summed E-state index contributed by atoms with van der Waals surface area (Å²) >= 11 is 0. The summed E-state index contributed by atoms with van der Waals surface area (Å²) < 4.78 is 51.4. The Morgan fingerprint density at radius 1 is 1.26 bits per heavy atom. The lowest BCUT2D eigenvalue weighted by Gasteiger charge is -2.22. The molecule has 144 valence electrons. The monoisotopic (exact) mass is 382 g/mol. The van der Waals surface area contributed by atoms with E-state index in [0.29, 0.717) is 17.1 Å². The first-order chi connectivity index (χ1) is 12.7. The van der Waals surface area contributed by atoms with Crippen LogP contribution in [0.5, 0.6) is 0 Å². The highest BCUT2D eigenvalue weighted by atomic mass is 19.4. The lowest BCUT2D eigenvalue weighted by Crippen LogP contribution is -2.41. The molecule has 9 heteroatoms. The Balaban J connectivity index is 1.66. The van der Waals surface area contributed by atoms with Gasteiger partial charge in [-0.25, -0.2) is 14.4 Å². The Labute approximate surface area is 153 Å². The molecule has 0 bridgehead atoms. The number of carbonyl (C=O) groups is 1. The van der Waals surface area contributed by atoms with Gasteiger partial charge in [0.2, 0.25) is 5.91 Å². The van der Waals surface area contributed by atoms with Crippen LogP contribution in [0.25, 0.3) is 11.3 Å². The van der Waals surface area contributed by atoms with E-state index in [4.69, 9.17) is 0 Å². The number of likely N-dealkylation sites (tertiary alicyclic amines) is 1. The van der Waals surface area contributed by atoms with E-state index in [1.165, 1.54) is 23.4 Å². The second-order valence-electron chi connectivity index (χ2n) is 6.47. The molecule has 2 aromatic rings. The lowest BCUT2D eigenvalue weighted by atomic mass is 10.1. The van der Waals surface area contributed by atoms with Crippen molar-refractivity contribution in [1.82, 2.24) is 14.9 Å². The SMILES string of the molecule is C[C@@H](Nc1cc(-c2ccc(F)cc2)ncn1)C(=O)N1CC[C@H](C(F)(F)F)C1. The van der Waals surface area contributed by atoms with Gasteiger partial charge in [-0.2, -0.15) is 13.2 Å². The van der Waals surface area contributed by atoms with Gasteiger partial charge in [0, 0.05) is 24.7 Å². The molecule has 0 spiro atoms. The van der Waals surface area contributed by atoms with Crippen LogP contribution in [0.1, 0.15) is 13.3 Å². The third-order valence-corrected chi connectivity index (χ3v) is 4.50. The van der Waals surface area contributed by atoms with E-state index in [2.05, 4.69) is 15.3 Å². The normalized spacial score (nSPS) is 18.4. The number of halogens is 4. The summed E-state index contributed by atoms with van der Waals surface area (Å²) in [6.45, 7) is 1.33. The Kier molecular flexibility index (Phi) is 5.29. The number of hydrogen-bond acceptors (Lipinski definition) is 4. The third-order valence-electron chi connectivity index (χ3n) is 4.50. The molecule has 1 fully saturated rings. The summed E-state index contributed by atoms with van der Waals surface area (Å²) in [6.07, 6.45) is -3.07. The number of alkyl halides is 3. The lowest BCUT2D eigenvalue weighted by molar-refractivity contribution is -0.171. The average Bonchev–Trinajstić information content (AvgIpc) is 3.12. The first-order valence-corrected chi connectivity index (χ1v) is 8.44. The van der Waals surface area contributed by atoms with Crippen LogP contribution in [0.4, 0.5) is 23.4 Å². The zero-order chi connectivity index (χ0) is 19.6. The molecule has 0 aliphatic carbocycles. The highest BCUT2D eigenvalue weighted by Gasteiger charge is 2.45. The van der Waals surface area contributed by atoms with Crippen molar-refractivity contribution < 1.29 is 22.4 Å². The zero-order valence-electron chi connectivity index (χ0n) is 14.5. The van der Waals surface area contributed by atoms with Crippen LogP contribution < -0.4 is 5.32 Å². The number of anilines is 1. The van der Waals surface area contributed by atoms with E-state index in [1.807, 2.05) is 0 Å². The molecule has 1 aromatic heterocycles. The van der Waals surface area contributed by atoms with Crippen LogP contribution in [-0.2, 0) is 4.79 Å². The molecule has 2 atom stereocenters. The summed E-state index contributed by atoms with van der Waals surface area (Å²) in [6, 6.07) is 6.60. The fourth-order valence-electron chi connectivity index (χ4n) is 3.00. The first-order valence-electron chi connectivity index (χ1n) is 8.44. The highest BCUT2D eigenvalue weighted by Crippen LogP contribution is 2.33. The Morgan fingerprint density at radius 2 is 1.96 bits per heavy atom. The largest absolute Gasteiger partial charge is 0.393 e. The summed E-state index contributed by atoms with van der Waals surface area (Å²) in [5.74, 6) is -1.90. The molecule has 2 heterocycles. The summed E-state index contributed by atoms with van der Waals surface area (Å²) in [4.78, 5) is 21.8. The number of hydrogen-bond donors (Lipinski definition) is 1. The highest BCUT2D eigenvalue weighted by molar-refractivity contribution is 5.84. The molecular weight excluding hydrogens is 364 g/mol. The van der Waals surface area contributed by atoms with Crippen molar-refractivity contribution in [2.75, 3.05) is 18.4 Å². The topological polar surface area (TPSA) is 58.1 Å². The Morgan fingerprint density at radius 3 is 2.59 bits per heavy atom. The minimum atomic E-state index is -4.29. The number of amides is 1. The molecule has 27 heavy (non-hydrogen) atoms. The van der Waals surface area contributed by atoms with Gasteiger partial charge in [0.05, 0.1) is 11.6 Å². The fraction of sp³-hybridized carbons (Fsp3) is 0.389. The van der Waals surface area contributed by atoms with Gasteiger partial charge in [-0.15, -0.1) is 0 Å². The van der Waals surface area contributed by atoms with Crippen molar-refractivity contribution in [2.45, 2.75) is 25.6 Å². The predicted molar refractivity (Wildman–Crippen MR) is 91.3 cm³/mol. The summed E-state index contributed by atoms with van der Waals surface area (Å²) in [7, 11) is 0. The van der Waals surface area contributed by atoms with Crippen molar-refractivity contribution in [3.8, 4) is 11.3 Å². The van der Waals surface area contributed by atoms with Gasteiger partial charge >= 0.3 is 6.18 Å². The Hall–Kier alpha value is -2.71. The van der Waals surface area contributed by atoms with Gasteiger partial charge in [-0.3, -0.25) is 4.79 Å². The molecule has 1 aromatic carbocycles. The number of nitrogens with one attached hydrogen (secondary N) is 1. The number of nitrogens with zero attached hydrogens (tertiary/aromatic N) is 3. The number of benzene rings is 1. The van der Waals surface area contributed by atoms with Gasteiger partial charge in [0.1, 0.15) is 24.0 Å². The van der Waals surface area contributed by atoms with Gasteiger partial charge in [-0.05, 0) is 37.6 Å². The van der Waals surface area contributed by atoms with Crippen molar-refractivity contribution in [1.29, 1.82) is 0 Å². The third kappa shape index (κ3) is 4.53. The van der Waals surface area contributed by atoms with Gasteiger partial charge in [0.15, 0.2) is 0 Å². The predicted octanol–water partition coefficient (Wildman–Crippen LogP) is 3.49. The van der Waals surface area contributed by atoms with Crippen molar-refractivity contribution in [2.24, 2.45) is 5.92 Å². The van der Waals surface area contributed by atoms with Crippen LogP contribution in [0.3, 0.4) is 0 Å². The number of aromatic nitrogens is 2. The molecule has 0 unspecified atom stereocenters. The molecule has 0 saturated carbocycles. The van der Waals surface area contributed by atoms with Gasteiger partial charge < -0.3 is 10.2 Å². The molecular formula is C18H18F4N4O. The second kappa shape index (κ2) is 7.50. The van der Waals surface area contributed by atoms with Crippen LogP contribution >= 0.6 is 0 Å². The molecule has 1 aliphatic heterocycles. The van der Waals surface area contributed by atoms with Gasteiger partial charge in [-0.1, -0.05) is 0 Å². The molecule has 3 rings (SSSR count). The maximum atomic E-state index is 13.0. The van der Waals surface area contributed by atoms with Crippen LogP contribution in [0.15, 0.2) is 36.7 Å². The molecule has 1 N–H and O–H groups in total. The van der Waals surface area contributed by atoms with E-state index in [9.17, 15) is 22.4 Å². The van der Waals surface area contributed by atoms with E-state index in [0.717, 1.165) is 0 Å². The van der Waals surface area contributed by atoms with Crippen LogP contribution in [0.2, 0.25) is 0 Å². The van der Waals surface area contributed by atoms with Crippen molar-refractivity contribution >= 4 is 11.7 Å². The second-order valence-corrected chi connectivity index (χ2v) is 6.47. The first kappa shape index (κ1) is 19.1. The summed E-state index contributed by atoms with van der Waals surface area (Å²) in [5.41, 5.74) is 1.21. The van der Waals surface area contributed by atoms with Crippen molar-refractivity contribution in [3.63, 3.8) is 0 Å². The smallest absolute Gasteiger partial charge is 0.359 e. The maximum absolute atomic E-state index is 13.0. The van der Waals surface area contributed by atoms with E-state index >= 15 is 0 Å². The van der Waals surface area contributed by atoms with Crippen LogP contribution in [-0.4, -0.2) is 46.1 Å². The quantitative estimate of drug-likeness (QED) is 0.823. The minimum Gasteiger partial charge on any atom is -0.359 e. The van der Waals surface area contributed by atoms with Gasteiger partial charge in [0.25, 0.3) is 0 Å².